The van der Waals surface area contributed by atoms with E-state index in [1.54, 1.807) is 24.3 Å². The van der Waals surface area contributed by atoms with Gasteiger partial charge in [-0.3, -0.25) is 14.5 Å². The fourth-order valence-corrected chi connectivity index (χ4v) is 2.58. The smallest absolute Gasteiger partial charge is 0.324 e. The molecule has 8 heteroatoms. The van der Waals surface area contributed by atoms with Crippen molar-refractivity contribution in [3.8, 4) is 0 Å². The molecule has 128 valence electrons. The SMILES string of the molecule is O=C(Nc1cccc(CN2C(=O)CNC2=O)c1)c1ccc(Cl)cc1F. The lowest BCUT2D eigenvalue weighted by Crippen LogP contribution is -2.30. The number of carbonyl (C=O) groups is 3. The third kappa shape index (κ3) is 3.77. The molecule has 0 atom stereocenters. The van der Waals surface area contributed by atoms with Crippen LogP contribution in [0.2, 0.25) is 5.02 Å². The maximum Gasteiger partial charge on any atom is 0.324 e. The van der Waals surface area contributed by atoms with Gasteiger partial charge in [0.05, 0.1) is 18.7 Å². The van der Waals surface area contributed by atoms with Crippen molar-refractivity contribution in [2.45, 2.75) is 6.54 Å². The Balaban J connectivity index is 1.74. The summed E-state index contributed by atoms with van der Waals surface area (Å²) in [5.41, 5.74) is 0.938. The van der Waals surface area contributed by atoms with Crippen LogP contribution in [0.3, 0.4) is 0 Å². The van der Waals surface area contributed by atoms with E-state index in [1.165, 1.54) is 12.1 Å². The molecule has 0 unspecified atom stereocenters. The summed E-state index contributed by atoms with van der Waals surface area (Å²) >= 11 is 5.67. The number of carbonyl (C=O) groups excluding carboxylic acids is 3. The molecule has 1 aliphatic heterocycles. The molecule has 1 fully saturated rings. The van der Waals surface area contributed by atoms with Gasteiger partial charge in [-0.05, 0) is 35.9 Å². The number of halogens is 2. The minimum Gasteiger partial charge on any atom is -0.329 e. The highest BCUT2D eigenvalue weighted by atomic mass is 35.5. The van der Waals surface area contributed by atoms with Gasteiger partial charge in [-0.1, -0.05) is 23.7 Å². The van der Waals surface area contributed by atoms with E-state index in [9.17, 15) is 18.8 Å². The number of urea groups is 1. The molecule has 0 aliphatic carbocycles. The number of hydrogen-bond acceptors (Lipinski definition) is 3. The number of amides is 4. The number of hydrogen-bond donors (Lipinski definition) is 2. The maximum atomic E-state index is 13.8. The van der Waals surface area contributed by atoms with Gasteiger partial charge < -0.3 is 10.6 Å². The van der Waals surface area contributed by atoms with Crippen molar-refractivity contribution in [1.29, 1.82) is 0 Å². The van der Waals surface area contributed by atoms with Crippen LogP contribution in [-0.4, -0.2) is 29.3 Å². The second-order valence-electron chi connectivity index (χ2n) is 5.42. The molecule has 0 saturated carbocycles. The van der Waals surface area contributed by atoms with Gasteiger partial charge >= 0.3 is 6.03 Å². The molecule has 0 aromatic heterocycles. The summed E-state index contributed by atoms with van der Waals surface area (Å²) in [5, 5.41) is 5.21. The van der Waals surface area contributed by atoms with Crippen LogP contribution in [0, 0.1) is 5.82 Å². The monoisotopic (exact) mass is 361 g/mol. The summed E-state index contributed by atoms with van der Waals surface area (Å²) in [7, 11) is 0. The fourth-order valence-electron chi connectivity index (χ4n) is 2.42. The van der Waals surface area contributed by atoms with E-state index in [-0.39, 0.29) is 29.6 Å². The summed E-state index contributed by atoms with van der Waals surface area (Å²) in [4.78, 5) is 36.5. The molecule has 2 aromatic rings. The molecule has 1 heterocycles. The van der Waals surface area contributed by atoms with Gasteiger partial charge in [0.25, 0.3) is 5.91 Å². The Morgan fingerprint density at radius 1 is 1.24 bits per heavy atom. The van der Waals surface area contributed by atoms with E-state index in [1.807, 2.05) is 0 Å². The molecule has 2 N–H and O–H groups in total. The number of imide groups is 1. The summed E-state index contributed by atoms with van der Waals surface area (Å²) in [6.07, 6.45) is 0. The molecule has 0 radical (unpaired) electrons. The van der Waals surface area contributed by atoms with Gasteiger partial charge in [0.15, 0.2) is 0 Å². The molecule has 6 nitrogen and oxygen atoms in total. The molecule has 1 saturated heterocycles. The van der Waals surface area contributed by atoms with Crippen LogP contribution in [0.1, 0.15) is 15.9 Å². The lowest BCUT2D eigenvalue weighted by molar-refractivity contribution is -0.125. The first kappa shape index (κ1) is 16.9. The van der Waals surface area contributed by atoms with Crippen molar-refractivity contribution in [3.05, 3.63) is 64.4 Å². The van der Waals surface area contributed by atoms with Crippen LogP contribution in [0.5, 0.6) is 0 Å². The molecule has 25 heavy (non-hydrogen) atoms. The largest absolute Gasteiger partial charge is 0.329 e. The third-order valence-electron chi connectivity index (χ3n) is 3.64. The Hall–Kier alpha value is -2.93. The van der Waals surface area contributed by atoms with E-state index in [0.717, 1.165) is 11.0 Å². The van der Waals surface area contributed by atoms with Crippen LogP contribution in [0.25, 0.3) is 0 Å². The highest BCUT2D eigenvalue weighted by Gasteiger charge is 2.28. The van der Waals surface area contributed by atoms with Crippen molar-refractivity contribution >= 4 is 35.1 Å². The van der Waals surface area contributed by atoms with Gasteiger partial charge in [-0.2, -0.15) is 0 Å². The zero-order valence-corrected chi connectivity index (χ0v) is 13.6. The quantitative estimate of drug-likeness (QED) is 0.822. The van der Waals surface area contributed by atoms with Crippen molar-refractivity contribution in [3.63, 3.8) is 0 Å². The first-order chi connectivity index (χ1) is 11.9. The van der Waals surface area contributed by atoms with Gasteiger partial charge in [0.2, 0.25) is 5.91 Å². The van der Waals surface area contributed by atoms with Gasteiger partial charge in [0, 0.05) is 10.7 Å². The number of nitrogens with zero attached hydrogens (tertiary/aromatic N) is 1. The first-order valence-electron chi connectivity index (χ1n) is 7.37. The first-order valence-corrected chi connectivity index (χ1v) is 7.75. The Morgan fingerprint density at radius 2 is 2.04 bits per heavy atom. The summed E-state index contributed by atoms with van der Waals surface area (Å²) in [6.45, 7) is 0.0643. The second kappa shape index (κ2) is 6.90. The number of benzene rings is 2. The van der Waals surface area contributed by atoms with Gasteiger partial charge in [0.1, 0.15) is 5.82 Å². The van der Waals surface area contributed by atoms with E-state index < -0.39 is 17.8 Å². The van der Waals surface area contributed by atoms with Crippen LogP contribution >= 0.6 is 11.6 Å². The maximum absolute atomic E-state index is 13.8. The summed E-state index contributed by atoms with van der Waals surface area (Å²) in [5.74, 6) is -1.66. The minimum absolute atomic E-state index is 0.0227. The molecule has 0 bridgehead atoms. The zero-order chi connectivity index (χ0) is 18.0. The van der Waals surface area contributed by atoms with Crippen molar-refractivity contribution in [1.82, 2.24) is 10.2 Å². The highest BCUT2D eigenvalue weighted by Crippen LogP contribution is 2.18. The zero-order valence-electron chi connectivity index (χ0n) is 12.9. The van der Waals surface area contributed by atoms with Crippen molar-refractivity contribution < 1.29 is 18.8 Å². The van der Waals surface area contributed by atoms with Gasteiger partial charge in [-0.25, -0.2) is 9.18 Å². The second-order valence-corrected chi connectivity index (χ2v) is 5.85. The van der Waals surface area contributed by atoms with E-state index in [2.05, 4.69) is 10.6 Å². The molecule has 0 spiro atoms. The molecule has 2 aromatic carbocycles. The Bertz CT molecular complexity index is 856. The fraction of sp³-hybridized carbons (Fsp3) is 0.118. The standard InChI is InChI=1S/C17H13ClFN3O3/c18-11-4-5-13(14(19)7-11)16(24)21-12-3-1-2-10(6-12)9-22-15(23)8-20-17(22)25/h1-7H,8-9H2,(H,20,25)(H,21,24). The normalized spacial score (nSPS) is 13.8. The third-order valence-corrected chi connectivity index (χ3v) is 3.87. The molecule has 3 rings (SSSR count). The van der Waals surface area contributed by atoms with Crippen molar-refractivity contribution in [2.75, 3.05) is 11.9 Å². The minimum atomic E-state index is -0.722. The van der Waals surface area contributed by atoms with E-state index in [0.29, 0.717) is 11.3 Å². The molecule has 1 aliphatic rings. The predicted molar refractivity (Wildman–Crippen MR) is 89.8 cm³/mol. The van der Waals surface area contributed by atoms with Crippen LogP contribution in [0.15, 0.2) is 42.5 Å². The number of nitrogens with one attached hydrogen (secondary N) is 2. The average Bonchev–Trinajstić information content (AvgIpc) is 2.87. The topological polar surface area (TPSA) is 78.5 Å². The lowest BCUT2D eigenvalue weighted by atomic mass is 10.1. The molecular weight excluding hydrogens is 349 g/mol. The number of rotatable bonds is 4. The van der Waals surface area contributed by atoms with Crippen LogP contribution < -0.4 is 10.6 Å². The summed E-state index contributed by atoms with van der Waals surface area (Å²) < 4.78 is 13.8. The van der Waals surface area contributed by atoms with E-state index in [4.69, 9.17) is 11.6 Å². The number of anilines is 1. The Labute approximate surface area is 147 Å². The van der Waals surface area contributed by atoms with E-state index >= 15 is 0 Å². The average molecular weight is 362 g/mol. The summed E-state index contributed by atoms with van der Waals surface area (Å²) in [6, 6.07) is 9.95. The van der Waals surface area contributed by atoms with Crippen molar-refractivity contribution in [2.24, 2.45) is 0 Å². The molecular formula is C17H13ClFN3O3. The van der Waals surface area contributed by atoms with Crippen LogP contribution in [-0.2, 0) is 11.3 Å². The Morgan fingerprint density at radius 3 is 2.72 bits per heavy atom. The van der Waals surface area contributed by atoms with Crippen LogP contribution in [0.4, 0.5) is 14.9 Å². The predicted octanol–water partition coefficient (Wildman–Crippen LogP) is 2.78. The highest BCUT2D eigenvalue weighted by molar-refractivity contribution is 6.30. The molecule has 4 amide bonds. The lowest BCUT2D eigenvalue weighted by Gasteiger charge is -2.13. The van der Waals surface area contributed by atoms with Gasteiger partial charge in [-0.15, -0.1) is 0 Å². The Kier molecular flexibility index (Phi) is 4.67.